The second-order valence-corrected chi connectivity index (χ2v) is 7.05. The Balaban J connectivity index is 1.83. The molecule has 1 amide bonds. The Bertz CT molecular complexity index is 578. The third-order valence-corrected chi connectivity index (χ3v) is 4.81. The fraction of sp³-hybridized carbons (Fsp3) is 0.706. The molecule has 6 heteroatoms. The molecule has 1 aromatic rings. The lowest BCUT2D eigenvalue weighted by atomic mass is 9.76. The summed E-state index contributed by atoms with van der Waals surface area (Å²) in [5, 5.41) is 15.7. The zero-order chi connectivity index (χ0) is 17.0. The zero-order valence-corrected chi connectivity index (χ0v) is 14.3. The average molecular weight is 317 g/mol. The maximum absolute atomic E-state index is 12.6. The third-order valence-electron chi connectivity index (χ3n) is 4.81. The summed E-state index contributed by atoms with van der Waals surface area (Å²) >= 11 is 0. The third kappa shape index (κ3) is 4.25. The molecular formula is C17H27N5O. The first-order chi connectivity index (χ1) is 10.9. The van der Waals surface area contributed by atoms with E-state index in [0.717, 1.165) is 25.0 Å². The van der Waals surface area contributed by atoms with E-state index in [9.17, 15) is 4.79 Å². The van der Waals surface area contributed by atoms with Gasteiger partial charge < -0.3 is 10.6 Å². The number of anilines is 1. The van der Waals surface area contributed by atoms with E-state index in [2.05, 4.69) is 30.1 Å². The fourth-order valence-corrected chi connectivity index (χ4v) is 3.76. The number of amides is 1. The van der Waals surface area contributed by atoms with E-state index in [1.165, 1.54) is 6.42 Å². The molecule has 0 radical (unpaired) electrons. The molecule has 2 atom stereocenters. The number of carbonyl (C=O) groups is 1. The van der Waals surface area contributed by atoms with Gasteiger partial charge in [-0.15, -0.1) is 0 Å². The minimum absolute atomic E-state index is 0.163. The van der Waals surface area contributed by atoms with Crippen LogP contribution < -0.4 is 5.73 Å². The van der Waals surface area contributed by atoms with Gasteiger partial charge in [-0.3, -0.25) is 9.89 Å². The first-order valence-corrected chi connectivity index (χ1v) is 8.40. The maximum atomic E-state index is 12.6. The van der Waals surface area contributed by atoms with E-state index in [1.54, 1.807) is 0 Å². The van der Waals surface area contributed by atoms with Crippen molar-refractivity contribution in [3.8, 4) is 6.07 Å². The summed E-state index contributed by atoms with van der Waals surface area (Å²) in [5.74, 6) is 1.93. The minimum atomic E-state index is 0.163. The summed E-state index contributed by atoms with van der Waals surface area (Å²) in [5.41, 5.74) is 6.81. The highest BCUT2D eigenvalue weighted by atomic mass is 16.2. The van der Waals surface area contributed by atoms with Crippen LogP contribution >= 0.6 is 0 Å². The van der Waals surface area contributed by atoms with Gasteiger partial charge in [0.15, 0.2) is 5.82 Å². The molecule has 0 aromatic carbocycles. The topological polar surface area (TPSA) is 98.8 Å². The summed E-state index contributed by atoms with van der Waals surface area (Å²) in [4.78, 5) is 14.4. The number of nitrogen functional groups attached to an aromatic ring is 1. The molecule has 126 valence electrons. The number of aryl methyl sites for hydroxylation is 1. The Morgan fingerprint density at radius 2 is 2.04 bits per heavy atom. The van der Waals surface area contributed by atoms with Crippen molar-refractivity contribution < 1.29 is 4.79 Å². The van der Waals surface area contributed by atoms with Gasteiger partial charge in [0.25, 0.3) is 0 Å². The number of nitrogens with one attached hydrogen (secondary N) is 1. The van der Waals surface area contributed by atoms with Gasteiger partial charge in [0.05, 0.1) is 5.69 Å². The molecule has 1 aliphatic carbocycles. The van der Waals surface area contributed by atoms with Crippen LogP contribution in [0.2, 0.25) is 0 Å². The number of rotatable bonds is 5. The molecule has 0 aliphatic heterocycles. The highest BCUT2D eigenvalue weighted by Gasteiger charge is 2.30. The van der Waals surface area contributed by atoms with Gasteiger partial charge in [-0.05, 0) is 43.9 Å². The lowest BCUT2D eigenvalue weighted by molar-refractivity contribution is -0.136. The lowest BCUT2D eigenvalue weighted by Gasteiger charge is -2.33. The fourth-order valence-electron chi connectivity index (χ4n) is 3.76. The highest BCUT2D eigenvalue weighted by Crippen LogP contribution is 2.33. The molecule has 1 aliphatic rings. The second-order valence-electron chi connectivity index (χ2n) is 7.05. The molecule has 6 nitrogen and oxygen atoms in total. The molecule has 1 heterocycles. The standard InChI is InChI=1S/C17H27N5O/c1-11-7-12(2)9-13(8-11)17(23)22(3)6-4-5-15-14(10-18)16(19)21-20-15/h11-13H,4-9H2,1-3H3,(H3,19,20,21). The quantitative estimate of drug-likeness (QED) is 0.870. The van der Waals surface area contributed by atoms with E-state index in [4.69, 9.17) is 11.0 Å². The van der Waals surface area contributed by atoms with Gasteiger partial charge in [-0.25, -0.2) is 0 Å². The summed E-state index contributed by atoms with van der Waals surface area (Å²) in [7, 11) is 1.87. The molecule has 1 fully saturated rings. The van der Waals surface area contributed by atoms with Crippen LogP contribution in [0.1, 0.15) is 50.8 Å². The Hall–Kier alpha value is -2.03. The van der Waals surface area contributed by atoms with Crippen molar-refractivity contribution in [1.29, 1.82) is 5.26 Å². The smallest absolute Gasteiger partial charge is 0.225 e. The number of H-pyrrole nitrogens is 1. The molecule has 2 unspecified atom stereocenters. The van der Waals surface area contributed by atoms with Crippen LogP contribution in [0.4, 0.5) is 5.82 Å². The van der Waals surface area contributed by atoms with Crippen molar-refractivity contribution in [3.05, 3.63) is 11.3 Å². The Labute approximate surface area is 138 Å². The van der Waals surface area contributed by atoms with Crippen LogP contribution in [0.3, 0.4) is 0 Å². The number of hydrogen-bond donors (Lipinski definition) is 2. The number of nitrogens with two attached hydrogens (primary N) is 1. The van der Waals surface area contributed by atoms with E-state index >= 15 is 0 Å². The Kier molecular flexibility index (Phi) is 5.64. The predicted octanol–water partition coefficient (Wildman–Crippen LogP) is 2.33. The van der Waals surface area contributed by atoms with Crippen molar-refractivity contribution in [1.82, 2.24) is 15.1 Å². The molecule has 3 N–H and O–H groups in total. The highest BCUT2D eigenvalue weighted by molar-refractivity contribution is 5.78. The first-order valence-electron chi connectivity index (χ1n) is 8.40. The number of carbonyl (C=O) groups excluding carboxylic acids is 1. The van der Waals surface area contributed by atoms with Crippen molar-refractivity contribution in [3.63, 3.8) is 0 Å². The number of nitriles is 1. The minimum Gasteiger partial charge on any atom is -0.381 e. The van der Waals surface area contributed by atoms with Gasteiger partial charge in [0, 0.05) is 19.5 Å². The summed E-state index contributed by atoms with van der Waals surface area (Å²) < 4.78 is 0. The summed E-state index contributed by atoms with van der Waals surface area (Å²) in [6, 6.07) is 2.07. The molecular weight excluding hydrogens is 290 g/mol. The van der Waals surface area contributed by atoms with E-state index < -0.39 is 0 Å². The van der Waals surface area contributed by atoms with Gasteiger partial charge in [-0.2, -0.15) is 10.4 Å². The average Bonchev–Trinajstić information content (AvgIpc) is 2.85. The normalized spacial score (nSPS) is 24.2. The number of hydrogen-bond acceptors (Lipinski definition) is 4. The van der Waals surface area contributed by atoms with Crippen LogP contribution in [0.25, 0.3) is 0 Å². The molecule has 0 bridgehead atoms. The molecule has 1 saturated carbocycles. The lowest BCUT2D eigenvalue weighted by Crippen LogP contribution is -2.37. The van der Waals surface area contributed by atoms with Crippen molar-refractivity contribution >= 4 is 11.7 Å². The van der Waals surface area contributed by atoms with Crippen LogP contribution in [0, 0.1) is 29.1 Å². The Morgan fingerprint density at radius 3 is 2.65 bits per heavy atom. The van der Waals surface area contributed by atoms with Gasteiger partial charge in [0.1, 0.15) is 11.6 Å². The van der Waals surface area contributed by atoms with Crippen molar-refractivity contribution in [2.45, 2.75) is 46.0 Å². The molecule has 1 aromatic heterocycles. The van der Waals surface area contributed by atoms with Gasteiger partial charge in [0.2, 0.25) is 5.91 Å². The first kappa shape index (κ1) is 17.3. The number of aromatic amines is 1. The molecule has 23 heavy (non-hydrogen) atoms. The largest absolute Gasteiger partial charge is 0.381 e. The summed E-state index contributed by atoms with van der Waals surface area (Å²) in [6.45, 7) is 5.16. The number of nitrogens with zero attached hydrogens (tertiary/aromatic N) is 3. The van der Waals surface area contributed by atoms with Crippen LogP contribution in [0.5, 0.6) is 0 Å². The zero-order valence-electron chi connectivity index (χ0n) is 14.3. The van der Waals surface area contributed by atoms with E-state index in [-0.39, 0.29) is 17.6 Å². The van der Waals surface area contributed by atoms with E-state index in [0.29, 0.717) is 30.4 Å². The second kappa shape index (κ2) is 7.49. The van der Waals surface area contributed by atoms with E-state index in [1.807, 2.05) is 11.9 Å². The van der Waals surface area contributed by atoms with Crippen LogP contribution in [0.15, 0.2) is 0 Å². The van der Waals surface area contributed by atoms with Gasteiger partial charge >= 0.3 is 0 Å². The van der Waals surface area contributed by atoms with Crippen molar-refractivity contribution in [2.24, 2.45) is 17.8 Å². The van der Waals surface area contributed by atoms with Crippen LogP contribution in [-0.2, 0) is 11.2 Å². The monoisotopic (exact) mass is 317 g/mol. The SMILES string of the molecule is CC1CC(C)CC(C(=O)N(C)CCCc2[nH]nc(N)c2C#N)C1. The molecule has 0 saturated heterocycles. The van der Waals surface area contributed by atoms with Crippen molar-refractivity contribution in [2.75, 3.05) is 19.3 Å². The van der Waals surface area contributed by atoms with Gasteiger partial charge in [-0.1, -0.05) is 13.8 Å². The molecule has 0 spiro atoms. The summed E-state index contributed by atoms with van der Waals surface area (Å²) in [6.07, 6.45) is 4.69. The molecule has 2 rings (SSSR count). The van der Waals surface area contributed by atoms with Crippen LogP contribution in [-0.4, -0.2) is 34.6 Å². The maximum Gasteiger partial charge on any atom is 0.225 e. The number of aromatic nitrogens is 2. The predicted molar refractivity (Wildman–Crippen MR) is 89.3 cm³/mol. The Morgan fingerprint density at radius 1 is 1.39 bits per heavy atom.